The molecule has 6 nitrogen and oxygen atoms in total. The standard InChI is InChI=1S/C12H12N2O4S/c15-11-5-6-14(12(16)13-11)9-7-19(17,18)10-4-2-1-3-8(9)10/h1-4,9H,5-7H2,(H,13,15,16). The number of benzene rings is 1. The molecule has 2 heterocycles. The van der Waals surface area contributed by atoms with Crippen LogP contribution < -0.4 is 5.32 Å². The number of urea groups is 1. The fraction of sp³-hybridized carbons (Fsp3) is 0.333. The molecule has 0 radical (unpaired) electrons. The zero-order valence-corrected chi connectivity index (χ0v) is 10.8. The van der Waals surface area contributed by atoms with Crippen molar-refractivity contribution in [1.29, 1.82) is 0 Å². The van der Waals surface area contributed by atoms with Gasteiger partial charge in [0.05, 0.1) is 16.7 Å². The highest BCUT2D eigenvalue weighted by Gasteiger charge is 2.41. The van der Waals surface area contributed by atoms with E-state index in [2.05, 4.69) is 5.32 Å². The summed E-state index contributed by atoms with van der Waals surface area (Å²) < 4.78 is 24.1. The van der Waals surface area contributed by atoms with Crippen LogP contribution in [-0.2, 0) is 14.6 Å². The maximum atomic E-state index is 12.1. The lowest BCUT2D eigenvalue weighted by molar-refractivity contribution is -0.121. The molecule has 0 aliphatic carbocycles. The number of hydrogen-bond donors (Lipinski definition) is 1. The van der Waals surface area contributed by atoms with Crippen molar-refractivity contribution in [3.63, 3.8) is 0 Å². The first-order valence-corrected chi connectivity index (χ1v) is 7.56. The summed E-state index contributed by atoms with van der Waals surface area (Å²) in [7, 11) is -3.35. The van der Waals surface area contributed by atoms with E-state index in [9.17, 15) is 18.0 Å². The van der Waals surface area contributed by atoms with E-state index in [0.29, 0.717) is 5.56 Å². The fourth-order valence-electron chi connectivity index (χ4n) is 2.56. The van der Waals surface area contributed by atoms with Gasteiger partial charge in [-0.1, -0.05) is 18.2 Å². The van der Waals surface area contributed by atoms with E-state index < -0.39 is 21.9 Å². The molecular weight excluding hydrogens is 268 g/mol. The summed E-state index contributed by atoms with van der Waals surface area (Å²) in [5.74, 6) is -0.441. The Bertz CT molecular complexity index is 668. The SMILES string of the molecule is O=C1CCN(C2CS(=O)(=O)c3ccccc32)C(=O)N1. The second kappa shape index (κ2) is 4.06. The number of hydrogen-bond acceptors (Lipinski definition) is 4. The monoisotopic (exact) mass is 280 g/mol. The highest BCUT2D eigenvalue weighted by molar-refractivity contribution is 7.91. The quantitative estimate of drug-likeness (QED) is 0.810. The maximum Gasteiger partial charge on any atom is 0.324 e. The molecule has 0 saturated carbocycles. The zero-order chi connectivity index (χ0) is 13.6. The largest absolute Gasteiger partial charge is 0.324 e. The van der Waals surface area contributed by atoms with Gasteiger partial charge in [0.15, 0.2) is 9.84 Å². The van der Waals surface area contributed by atoms with E-state index in [-0.39, 0.29) is 29.5 Å². The van der Waals surface area contributed by atoms with Crippen LogP contribution in [0.15, 0.2) is 29.2 Å². The lowest BCUT2D eigenvalue weighted by atomic mass is 10.1. The summed E-state index contributed by atoms with van der Waals surface area (Å²) in [6.07, 6.45) is 0.199. The van der Waals surface area contributed by atoms with Crippen molar-refractivity contribution in [2.45, 2.75) is 17.4 Å². The van der Waals surface area contributed by atoms with Gasteiger partial charge in [-0.05, 0) is 11.6 Å². The van der Waals surface area contributed by atoms with Gasteiger partial charge in [-0.3, -0.25) is 10.1 Å². The molecule has 100 valence electrons. The normalized spacial score (nSPS) is 25.1. The molecule has 1 fully saturated rings. The van der Waals surface area contributed by atoms with E-state index in [0.717, 1.165) is 0 Å². The Morgan fingerprint density at radius 3 is 2.68 bits per heavy atom. The summed E-state index contributed by atoms with van der Waals surface area (Å²) in [5.41, 5.74) is 0.631. The molecule has 3 rings (SSSR count). The Morgan fingerprint density at radius 2 is 1.95 bits per heavy atom. The first kappa shape index (κ1) is 12.2. The van der Waals surface area contributed by atoms with E-state index in [1.54, 1.807) is 24.3 Å². The number of imide groups is 1. The molecule has 1 atom stereocenters. The molecule has 0 spiro atoms. The van der Waals surface area contributed by atoms with Crippen LogP contribution in [-0.4, -0.2) is 37.6 Å². The summed E-state index contributed by atoms with van der Waals surface area (Å²) in [5, 5.41) is 2.22. The Hall–Kier alpha value is -1.89. The van der Waals surface area contributed by atoms with Crippen LogP contribution in [0.4, 0.5) is 4.79 Å². The molecule has 1 unspecified atom stereocenters. The second-order valence-electron chi connectivity index (χ2n) is 4.63. The van der Waals surface area contributed by atoms with Crippen molar-refractivity contribution >= 4 is 21.8 Å². The van der Waals surface area contributed by atoms with Crippen molar-refractivity contribution in [2.75, 3.05) is 12.3 Å². The highest BCUT2D eigenvalue weighted by Crippen LogP contribution is 2.37. The molecule has 2 aliphatic heterocycles. The van der Waals surface area contributed by atoms with Crippen LogP contribution in [0.2, 0.25) is 0 Å². The van der Waals surface area contributed by atoms with E-state index in [1.165, 1.54) is 4.90 Å². The van der Waals surface area contributed by atoms with Crippen LogP contribution in [0, 0.1) is 0 Å². The van der Waals surface area contributed by atoms with Gasteiger partial charge in [-0.25, -0.2) is 13.2 Å². The van der Waals surface area contributed by atoms with Crippen LogP contribution in [0.25, 0.3) is 0 Å². The summed E-state index contributed by atoms with van der Waals surface area (Å²) in [6.45, 7) is 0.249. The molecule has 0 bridgehead atoms. The molecule has 1 N–H and O–H groups in total. The van der Waals surface area contributed by atoms with Gasteiger partial charge >= 0.3 is 6.03 Å². The third kappa shape index (κ3) is 1.90. The van der Waals surface area contributed by atoms with Gasteiger partial charge < -0.3 is 4.90 Å². The van der Waals surface area contributed by atoms with Crippen LogP contribution >= 0.6 is 0 Å². The van der Waals surface area contributed by atoms with Crippen molar-refractivity contribution in [3.05, 3.63) is 29.8 Å². The number of amides is 3. The van der Waals surface area contributed by atoms with Crippen molar-refractivity contribution in [3.8, 4) is 0 Å². The lowest BCUT2D eigenvalue weighted by Gasteiger charge is -2.31. The van der Waals surface area contributed by atoms with Crippen molar-refractivity contribution in [2.24, 2.45) is 0 Å². The van der Waals surface area contributed by atoms with Crippen LogP contribution in [0.3, 0.4) is 0 Å². The second-order valence-corrected chi connectivity index (χ2v) is 6.63. The first-order chi connectivity index (χ1) is 8.99. The summed E-state index contributed by atoms with van der Waals surface area (Å²) in [4.78, 5) is 24.6. The number of nitrogens with zero attached hydrogens (tertiary/aromatic N) is 1. The van der Waals surface area contributed by atoms with E-state index >= 15 is 0 Å². The number of carbonyl (C=O) groups is 2. The number of sulfone groups is 1. The predicted octanol–water partition coefficient (Wildman–Crippen LogP) is 0.457. The summed E-state index contributed by atoms with van der Waals surface area (Å²) >= 11 is 0. The minimum Gasteiger partial charge on any atom is -0.316 e. The Morgan fingerprint density at radius 1 is 1.21 bits per heavy atom. The minimum absolute atomic E-state index is 0.117. The van der Waals surface area contributed by atoms with E-state index in [4.69, 9.17) is 0 Å². The minimum atomic E-state index is -3.35. The van der Waals surface area contributed by atoms with Crippen molar-refractivity contribution < 1.29 is 18.0 Å². The molecule has 19 heavy (non-hydrogen) atoms. The average Bonchev–Trinajstić information content (AvgIpc) is 2.62. The Labute approximate surface area is 110 Å². The highest BCUT2D eigenvalue weighted by atomic mass is 32.2. The third-order valence-electron chi connectivity index (χ3n) is 3.45. The smallest absolute Gasteiger partial charge is 0.316 e. The van der Waals surface area contributed by atoms with Crippen LogP contribution in [0.1, 0.15) is 18.0 Å². The number of fused-ring (bicyclic) bond motifs is 1. The summed E-state index contributed by atoms with van der Waals surface area (Å²) in [6, 6.07) is 5.66. The average molecular weight is 280 g/mol. The molecule has 7 heteroatoms. The molecular formula is C12H12N2O4S. The van der Waals surface area contributed by atoms with Gasteiger partial charge in [0, 0.05) is 13.0 Å². The molecule has 1 aromatic carbocycles. The van der Waals surface area contributed by atoms with E-state index in [1.807, 2.05) is 0 Å². The topological polar surface area (TPSA) is 83.6 Å². The predicted molar refractivity (Wildman–Crippen MR) is 66.1 cm³/mol. The van der Waals surface area contributed by atoms with Crippen molar-refractivity contribution in [1.82, 2.24) is 10.2 Å². The lowest BCUT2D eigenvalue weighted by Crippen LogP contribution is -2.51. The maximum absolute atomic E-state index is 12.1. The molecule has 0 aromatic heterocycles. The molecule has 2 aliphatic rings. The number of nitrogens with one attached hydrogen (secondary N) is 1. The first-order valence-electron chi connectivity index (χ1n) is 5.91. The van der Waals surface area contributed by atoms with Gasteiger partial charge in [0.25, 0.3) is 0 Å². The fourth-order valence-corrected chi connectivity index (χ4v) is 4.36. The zero-order valence-electron chi connectivity index (χ0n) is 10.00. The van der Waals surface area contributed by atoms with Crippen LogP contribution in [0.5, 0.6) is 0 Å². The third-order valence-corrected chi connectivity index (χ3v) is 5.25. The van der Waals surface area contributed by atoms with Gasteiger partial charge in [-0.15, -0.1) is 0 Å². The molecule has 1 saturated heterocycles. The number of carbonyl (C=O) groups excluding carboxylic acids is 2. The van der Waals surface area contributed by atoms with Gasteiger partial charge in [0.1, 0.15) is 0 Å². The Kier molecular flexibility index (Phi) is 2.60. The van der Waals surface area contributed by atoms with Gasteiger partial charge in [-0.2, -0.15) is 0 Å². The Balaban J connectivity index is 2.00. The van der Waals surface area contributed by atoms with Gasteiger partial charge in [0.2, 0.25) is 5.91 Å². The number of rotatable bonds is 1. The molecule has 3 amide bonds. The molecule has 1 aromatic rings.